The first-order valence-corrected chi connectivity index (χ1v) is 11.1. The number of nitrogens with one attached hydrogen (secondary N) is 1. The maximum atomic E-state index is 13.0. The highest BCUT2D eigenvalue weighted by Gasteiger charge is 2.13. The summed E-state index contributed by atoms with van der Waals surface area (Å²) in [5.41, 5.74) is 11.8. The van der Waals surface area contributed by atoms with Gasteiger partial charge in [-0.3, -0.25) is 0 Å². The molecule has 3 aromatic rings. The lowest BCUT2D eigenvalue weighted by Gasteiger charge is -2.09. The number of hydrogen-bond donors (Lipinski definition) is 3. The Labute approximate surface area is 186 Å². The molecule has 5 N–H and O–H groups in total. The molecule has 2 aliphatic rings. The minimum atomic E-state index is -0.634. The van der Waals surface area contributed by atoms with Gasteiger partial charge in [-0.2, -0.15) is 0 Å². The molecule has 0 unspecified atom stereocenters. The Bertz CT molecular complexity index is 1020. The summed E-state index contributed by atoms with van der Waals surface area (Å²) in [7, 11) is 0. The molecule has 4 heterocycles. The summed E-state index contributed by atoms with van der Waals surface area (Å²) < 4.78 is 13.0. The number of H-pyrrole nitrogens is 1. The third kappa shape index (κ3) is 6.35. The molecule has 1 saturated carbocycles. The van der Waals surface area contributed by atoms with E-state index >= 15 is 0 Å². The summed E-state index contributed by atoms with van der Waals surface area (Å²) in [6, 6.07) is -0.275. The van der Waals surface area contributed by atoms with Crippen molar-refractivity contribution in [2.75, 3.05) is 18.8 Å². The van der Waals surface area contributed by atoms with Crippen molar-refractivity contribution in [3.8, 4) is 11.4 Å². The van der Waals surface area contributed by atoms with Crippen LogP contribution in [-0.4, -0.2) is 48.9 Å². The lowest BCUT2D eigenvalue weighted by atomic mass is 10.0. The molecule has 172 valence electrons. The van der Waals surface area contributed by atoms with Gasteiger partial charge in [0.05, 0.1) is 6.20 Å². The first kappa shape index (κ1) is 23.4. The number of anilines is 1. The standard InChI is InChI=1S/C11H9FN6.C6H12.C5H10N2O/c1-5-14-2-6-7(3-15-10(6)17-5)11-16-4-8(12)9(13)18-11;1-2-4-6-5-3-1;6-5(8)7-3-1-2-4-7/h2-4H,1H3,(H2,13,16,18)(H,14,15,17);1-6H2;1-4H2,(H2,6,8). The third-order valence-electron chi connectivity index (χ3n) is 5.48. The van der Waals surface area contributed by atoms with Crippen LogP contribution in [0.2, 0.25) is 0 Å². The van der Waals surface area contributed by atoms with Crippen molar-refractivity contribution < 1.29 is 9.18 Å². The smallest absolute Gasteiger partial charge is 0.314 e. The van der Waals surface area contributed by atoms with E-state index in [0.717, 1.165) is 37.5 Å². The van der Waals surface area contributed by atoms with E-state index in [2.05, 4.69) is 24.9 Å². The maximum absolute atomic E-state index is 13.0. The van der Waals surface area contributed by atoms with Gasteiger partial charge in [0, 0.05) is 36.4 Å². The SMILES string of the molecule is C1CCCCC1.Cc1ncc2c(-c3ncc(F)c(N)n3)c[nH]c2n1.NC(=O)N1CCCC1. The number of amides is 2. The van der Waals surface area contributed by atoms with Crippen molar-refractivity contribution in [3.63, 3.8) is 0 Å². The molecule has 2 fully saturated rings. The third-order valence-corrected chi connectivity index (χ3v) is 5.48. The minimum absolute atomic E-state index is 0.178. The first-order chi connectivity index (χ1) is 15.5. The van der Waals surface area contributed by atoms with E-state index in [-0.39, 0.29) is 11.8 Å². The number of aryl methyl sites for hydroxylation is 1. The maximum Gasteiger partial charge on any atom is 0.314 e. The van der Waals surface area contributed by atoms with Crippen molar-refractivity contribution in [1.29, 1.82) is 0 Å². The van der Waals surface area contributed by atoms with E-state index in [4.69, 9.17) is 11.5 Å². The zero-order valence-corrected chi connectivity index (χ0v) is 18.5. The molecule has 0 radical (unpaired) electrons. The number of halogens is 1. The Kier molecular flexibility index (Phi) is 8.29. The second kappa shape index (κ2) is 11.4. The summed E-state index contributed by atoms with van der Waals surface area (Å²) in [4.78, 5) is 31.2. The molecule has 1 saturated heterocycles. The van der Waals surface area contributed by atoms with Gasteiger partial charge in [0.15, 0.2) is 17.5 Å². The first-order valence-electron chi connectivity index (χ1n) is 11.1. The molecule has 10 heteroatoms. The summed E-state index contributed by atoms with van der Waals surface area (Å²) in [5, 5.41) is 0.770. The number of aromatic amines is 1. The summed E-state index contributed by atoms with van der Waals surface area (Å²) >= 11 is 0. The molecule has 1 aliphatic carbocycles. The number of hydrogen-bond acceptors (Lipinski definition) is 6. The normalized spacial score (nSPS) is 15.5. The molecule has 9 nitrogen and oxygen atoms in total. The number of urea groups is 1. The average molecular weight is 443 g/mol. The van der Waals surface area contributed by atoms with Crippen LogP contribution in [0.5, 0.6) is 0 Å². The fourth-order valence-corrected chi connectivity index (χ4v) is 3.69. The lowest BCUT2D eigenvalue weighted by Crippen LogP contribution is -2.32. The summed E-state index contributed by atoms with van der Waals surface area (Å²) in [5.74, 6) is 0.191. The van der Waals surface area contributed by atoms with Crippen molar-refractivity contribution in [2.24, 2.45) is 5.73 Å². The highest BCUT2D eigenvalue weighted by Crippen LogP contribution is 2.25. The number of carbonyl (C=O) groups excluding carboxylic acids is 1. The number of nitrogen functional groups attached to an aromatic ring is 1. The Hall–Kier alpha value is -3.30. The number of likely N-dealkylation sites (tertiary alicyclic amines) is 1. The quantitative estimate of drug-likeness (QED) is 0.521. The number of fused-ring (bicyclic) bond motifs is 1. The topological polar surface area (TPSA) is 140 Å². The van der Waals surface area contributed by atoms with Crippen LogP contribution < -0.4 is 11.5 Å². The molecule has 1 aliphatic heterocycles. The number of rotatable bonds is 1. The average Bonchev–Trinajstić information content (AvgIpc) is 3.48. The summed E-state index contributed by atoms with van der Waals surface area (Å²) in [6.45, 7) is 3.51. The second-order valence-corrected chi connectivity index (χ2v) is 7.96. The van der Waals surface area contributed by atoms with Crippen LogP contribution in [0.1, 0.15) is 57.2 Å². The fraction of sp³-hybridized carbons (Fsp3) is 0.500. The van der Waals surface area contributed by atoms with Gasteiger partial charge in [0.25, 0.3) is 0 Å². The van der Waals surface area contributed by atoms with E-state index in [9.17, 15) is 9.18 Å². The molecular weight excluding hydrogens is 411 g/mol. The van der Waals surface area contributed by atoms with E-state index in [1.807, 2.05) is 0 Å². The van der Waals surface area contributed by atoms with Gasteiger partial charge < -0.3 is 21.4 Å². The van der Waals surface area contributed by atoms with Crippen LogP contribution in [0, 0.1) is 12.7 Å². The Morgan fingerprint density at radius 2 is 1.62 bits per heavy atom. The zero-order chi connectivity index (χ0) is 22.9. The van der Waals surface area contributed by atoms with E-state index in [0.29, 0.717) is 22.9 Å². The number of nitrogens with zero attached hydrogens (tertiary/aromatic N) is 5. The molecule has 0 bridgehead atoms. The molecule has 0 aromatic carbocycles. The Morgan fingerprint density at radius 3 is 2.16 bits per heavy atom. The molecule has 0 atom stereocenters. The molecule has 0 spiro atoms. The van der Waals surface area contributed by atoms with E-state index in [1.54, 1.807) is 24.2 Å². The molecule has 5 rings (SSSR count). The van der Waals surface area contributed by atoms with Crippen molar-refractivity contribution in [2.45, 2.75) is 58.3 Å². The number of aromatic nitrogens is 5. The van der Waals surface area contributed by atoms with Gasteiger partial charge in [-0.15, -0.1) is 0 Å². The van der Waals surface area contributed by atoms with Crippen molar-refractivity contribution >= 4 is 22.9 Å². The predicted molar refractivity (Wildman–Crippen MR) is 122 cm³/mol. The molecular formula is C22H31FN8O. The van der Waals surface area contributed by atoms with Crippen molar-refractivity contribution in [1.82, 2.24) is 29.8 Å². The Balaban J connectivity index is 0.000000169. The van der Waals surface area contributed by atoms with Gasteiger partial charge in [0.2, 0.25) is 0 Å². The number of carbonyl (C=O) groups is 1. The zero-order valence-electron chi connectivity index (χ0n) is 18.5. The van der Waals surface area contributed by atoms with Crippen LogP contribution in [0.15, 0.2) is 18.6 Å². The van der Waals surface area contributed by atoms with Crippen LogP contribution in [0.3, 0.4) is 0 Å². The monoisotopic (exact) mass is 442 g/mol. The second-order valence-electron chi connectivity index (χ2n) is 7.96. The highest BCUT2D eigenvalue weighted by molar-refractivity contribution is 5.91. The molecule has 3 aromatic heterocycles. The predicted octanol–water partition coefficient (Wildman–Crippen LogP) is 3.95. The molecule has 32 heavy (non-hydrogen) atoms. The number of nitrogens with two attached hydrogens (primary N) is 2. The largest absolute Gasteiger partial charge is 0.381 e. The van der Waals surface area contributed by atoms with Crippen LogP contribution in [-0.2, 0) is 0 Å². The van der Waals surface area contributed by atoms with E-state index in [1.165, 1.54) is 38.5 Å². The van der Waals surface area contributed by atoms with Crippen molar-refractivity contribution in [3.05, 3.63) is 30.2 Å². The van der Waals surface area contributed by atoms with Gasteiger partial charge in [-0.25, -0.2) is 29.1 Å². The molecule has 2 amide bonds. The van der Waals surface area contributed by atoms with Crippen LogP contribution in [0.25, 0.3) is 22.4 Å². The Morgan fingerprint density at radius 1 is 1.00 bits per heavy atom. The van der Waals surface area contributed by atoms with Crippen LogP contribution >= 0.6 is 0 Å². The van der Waals surface area contributed by atoms with Crippen LogP contribution in [0.4, 0.5) is 15.0 Å². The number of primary amides is 1. The highest BCUT2D eigenvalue weighted by atomic mass is 19.1. The van der Waals surface area contributed by atoms with Gasteiger partial charge in [-0.1, -0.05) is 38.5 Å². The van der Waals surface area contributed by atoms with Gasteiger partial charge >= 0.3 is 6.03 Å². The lowest BCUT2D eigenvalue weighted by molar-refractivity contribution is 0.218. The fourth-order valence-electron chi connectivity index (χ4n) is 3.69. The van der Waals surface area contributed by atoms with Gasteiger partial charge in [-0.05, 0) is 19.8 Å². The summed E-state index contributed by atoms with van der Waals surface area (Å²) in [6.07, 6.45) is 15.6. The van der Waals surface area contributed by atoms with E-state index < -0.39 is 5.82 Å². The minimum Gasteiger partial charge on any atom is -0.381 e. The van der Waals surface area contributed by atoms with Gasteiger partial charge in [0.1, 0.15) is 11.5 Å².